The molecule has 0 saturated carbocycles. The molecule has 8 heteroatoms. The topological polar surface area (TPSA) is 59.8 Å². The maximum Gasteiger partial charge on any atom is 0.416 e. The van der Waals surface area contributed by atoms with Gasteiger partial charge in [0.2, 0.25) is 5.91 Å². The number of anilines is 1. The Kier molecular flexibility index (Phi) is 5.22. The number of nitrogens with one attached hydrogen (secondary N) is 1. The summed E-state index contributed by atoms with van der Waals surface area (Å²) < 4.78 is 39.6. The molecule has 0 fully saturated rings. The maximum absolute atomic E-state index is 12.7. The first-order valence-corrected chi connectivity index (χ1v) is 9.58. The minimum Gasteiger partial charge on any atom is -0.324 e. The van der Waals surface area contributed by atoms with Crippen LogP contribution < -0.4 is 5.32 Å². The van der Waals surface area contributed by atoms with Crippen molar-refractivity contribution in [2.45, 2.75) is 26.6 Å². The number of nitrogens with zero attached hydrogens (tertiary/aromatic N) is 3. The fourth-order valence-corrected chi connectivity index (χ4v) is 3.44. The Morgan fingerprint density at radius 2 is 1.68 bits per heavy atom. The van der Waals surface area contributed by atoms with Crippen molar-refractivity contribution in [1.82, 2.24) is 14.8 Å². The van der Waals surface area contributed by atoms with Gasteiger partial charge in [0.15, 0.2) is 5.65 Å². The molecule has 2 aromatic heterocycles. The van der Waals surface area contributed by atoms with E-state index >= 15 is 0 Å². The molecule has 0 saturated heterocycles. The van der Waals surface area contributed by atoms with Crippen molar-refractivity contribution in [3.63, 3.8) is 0 Å². The van der Waals surface area contributed by atoms with Crippen LogP contribution in [0.25, 0.3) is 22.2 Å². The Labute approximate surface area is 176 Å². The van der Waals surface area contributed by atoms with Crippen molar-refractivity contribution in [3.8, 4) is 11.1 Å². The Balaban J connectivity index is 1.58. The number of carbonyl (C=O) groups is 1. The molecular weight excluding hydrogens is 405 g/mol. The van der Waals surface area contributed by atoms with Gasteiger partial charge in [0.05, 0.1) is 11.3 Å². The number of halogens is 3. The predicted octanol–water partition coefficient (Wildman–Crippen LogP) is 5.37. The van der Waals surface area contributed by atoms with Crippen LogP contribution in [0.1, 0.15) is 16.8 Å². The molecule has 0 bridgehead atoms. The van der Waals surface area contributed by atoms with Crippen LogP contribution in [0, 0.1) is 13.8 Å². The zero-order valence-electron chi connectivity index (χ0n) is 16.9. The maximum atomic E-state index is 12.7. The molecule has 1 amide bonds. The summed E-state index contributed by atoms with van der Waals surface area (Å²) in [6.45, 7) is 3.76. The molecule has 0 aliphatic rings. The van der Waals surface area contributed by atoms with Gasteiger partial charge in [-0.25, -0.2) is 9.67 Å². The summed E-state index contributed by atoms with van der Waals surface area (Å²) in [5.41, 5.74) is 3.96. The predicted molar refractivity (Wildman–Crippen MR) is 113 cm³/mol. The van der Waals surface area contributed by atoms with Crippen molar-refractivity contribution >= 4 is 22.6 Å². The third-order valence-electron chi connectivity index (χ3n) is 4.96. The van der Waals surface area contributed by atoms with Crippen LogP contribution >= 0.6 is 0 Å². The highest BCUT2D eigenvalue weighted by Gasteiger charge is 2.30. The van der Waals surface area contributed by atoms with E-state index in [1.54, 1.807) is 6.20 Å². The van der Waals surface area contributed by atoms with Gasteiger partial charge in [-0.15, -0.1) is 0 Å². The van der Waals surface area contributed by atoms with E-state index < -0.39 is 17.6 Å². The van der Waals surface area contributed by atoms with Crippen molar-refractivity contribution in [2.24, 2.45) is 0 Å². The highest BCUT2D eigenvalue weighted by Crippen LogP contribution is 2.31. The molecule has 0 unspecified atom stereocenters. The first kappa shape index (κ1) is 20.6. The first-order chi connectivity index (χ1) is 14.7. The van der Waals surface area contributed by atoms with Crippen LogP contribution in [-0.4, -0.2) is 20.7 Å². The van der Waals surface area contributed by atoms with Gasteiger partial charge >= 0.3 is 6.18 Å². The lowest BCUT2D eigenvalue weighted by Crippen LogP contribution is -2.20. The molecule has 2 heterocycles. The van der Waals surface area contributed by atoms with E-state index in [1.165, 1.54) is 16.8 Å². The lowest BCUT2D eigenvalue weighted by Gasteiger charge is -2.09. The third kappa shape index (κ3) is 4.28. The van der Waals surface area contributed by atoms with Crippen molar-refractivity contribution < 1.29 is 18.0 Å². The molecule has 0 spiro atoms. The zero-order valence-corrected chi connectivity index (χ0v) is 16.9. The summed E-state index contributed by atoms with van der Waals surface area (Å²) in [5.74, 6) is -0.410. The standard InChI is InChI=1S/C23H19F3N4O/c1-14-3-5-16(6-4-14)19-11-12-27-22-21(19)15(2)29-30(22)13-20(31)28-18-9-7-17(8-10-18)23(24,25)26/h3-12H,13H2,1-2H3,(H,28,31). The van der Waals surface area contributed by atoms with E-state index in [9.17, 15) is 18.0 Å². The van der Waals surface area contributed by atoms with Crippen LogP contribution in [-0.2, 0) is 17.5 Å². The van der Waals surface area contributed by atoms with E-state index in [1.807, 2.05) is 44.2 Å². The summed E-state index contributed by atoms with van der Waals surface area (Å²) in [6.07, 6.45) is -2.75. The molecule has 0 aliphatic heterocycles. The number of hydrogen-bond acceptors (Lipinski definition) is 3. The molecule has 0 aliphatic carbocycles. The Morgan fingerprint density at radius 1 is 1.00 bits per heavy atom. The van der Waals surface area contributed by atoms with Gasteiger partial charge in [0.25, 0.3) is 0 Å². The third-order valence-corrected chi connectivity index (χ3v) is 4.96. The molecule has 4 rings (SSSR count). The molecular formula is C23H19F3N4O. The number of hydrogen-bond donors (Lipinski definition) is 1. The number of alkyl halides is 3. The van der Waals surface area contributed by atoms with Gasteiger partial charge in [-0.05, 0) is 55.3 Å². The average Bonchev–Trinajstić information content (AvgIpc) is 3.04. The SMILES string of the molecule is Cc1ccc(-c2ccnc3c2c(C)nn3CC(=O)Nc2ccc(C(F)(F)F)cc2)cc1. The summed E-state index contributed by atoms with van der Waals surface area (Å²) in [4.78, 5) is 16.9. The van der Waals surface area contributed by atoms with Gasteiger partial charge in [-0.2, -0.15) is 18.3 Å². The molecule has 4 aromatic rings. The van der Waals surface area contributed by atoms with Crippen LogP contribution in [0.2, 0.25) is 0 Å². The van der Waals surface area contributed by atoms with E-state index in [4.69, 9.17) is 0 Å². The van der Waals surface area contributed by atoms with Crippen LogP contribution in [0.15, 0.2) is 60.8 Å². The van der Waals surface area contributed by atoms with Gasteiger partial charge in [0.1, 0.15) is 6.54 Å². The Morgan fingerprint density at radius 3 is 2.32 bits per heavy atom. The number of benzene rings is 2. The quantitative estimate of drug-likeness (QED) is 0.479. The number of pyridine rings is 1. The fourth-order valence-electron chi connectivity index (χ4n) is 3.44. The first-order valence-electron chi connectivity index (χ1n) is 9.58. The van der Waals surface area contributed by atoms with E-state index in [2.05, 4.69) is 15.4 Å². The number of rotatable bonds is 4. The normalized spacial score (nSPS) is 11.6. The van der Waals surface area contributed by atoms with Crippen LogP contribution in [0.3, 0.4) is 0 Å². The number of aryl methyl sites for hydroxylation is 2. The summed E-state index contributed by atoms with van der Waals surface area (Å²) in [5, 5.41) is 7.92. The van der Waals surface area contributed by atoms with Gasteiger partial charge in [0, 0.05) is 17.3 Å². The Hall–Kier alpha value is -3.68. The number of aromatic nitrogens is 3. The van der Waals surface area contributed by atoms with E-state index in [0.29, 0.717) is 5.65 Å². The van der Waals surface area contributed by atoms with Crippen molar-refractivity contribution in [2.75, 3.05) is 5.32 Å². The van der Waals surface area contributed by atoms with Gasteiger partial charge in [-0.1, -0.05) is 29.8 Å². The number of carbonyl (C=O) groups excluding carboxylic acids is 1. The smallest absolute Gasteiger partial charge is 0.324 e. The highest BCUT2D eigenvalue weighted by molar-refractivity contribution is 5.96. The number of amides is 1. The monoisotopic (exact) mass is 424 g/mol. The second kappa shape index (κ2) is 7.86. The molecule has 5 nitrogen and oxygen atoms in total. The molecule has 0 radical (unpaired) electrons. The zero-order chi connectivity index (χ0) is 22.2. The summed E-state index contributed by atoms with van der Waals surface area (Å²) in [6, 6.07) is 14.3. The largest absolute Gasteiger partial charge is 0.416 e. The lowest BCUT2D eigenvalue weighted by molar-refractivity contribution is -0.137. The van der Waals surface area contributed by atoms with Crippen LogP contribution in [0.5, 0.6) is 0 Å². The summed E-state index contributed by atoms with van der Waals surface area (Å²) in [7, 11) is 0. The molecule has 31 heavy (non-hydrogen) atoms. The lowest BCUT2D eigenvalue weighted by atomic mass is 10.0. The highest BCUT2D eigenvalue weighted by atomic mass is 19.4. The van der Waals surface area contributed by atoms with Crippen molar-refractivity contribution in [3.05, 3.63) is 77.6 Å². The van der Waals surface area contributed by atoms with Gasteiger partial charge < -0.3 is 5.32 Å². The number of fused-ring (bicyclic) bond motifs is 1. The van der Waals surface area contributed by atoms with Crippen molar-refractivity contribution in [1.29, 1.82) is 0 Å². The fraction of sp³-hybridized carbons (Fsp3) is 0.174. The summed E-state index contributed by atoms with van der Waals surface area (Å²) >= 11 is 0. The van der Waals surface area contributed by atoms with E-state index in [-0.39, 0.29) is 12.2 Å². The Bertz CT molecular complexity index is 1240. The molecule has 1 N–H and O–H groups in total. The minimum atomic E-state index is -4.42. The molecule has 158 valence electrons. The molecule has 0 atom stereocenters. The second-order valence-electron chi connectivity index (χ2n) is 7.29. The van der Waals surface area contributed by atoms with E-state index in [0.717, 1.165) is 39.9 Å². The molecule has 2 aromatic carbocycles. The second-order valence-corrected chi connectivity index (χ2v) is 7.29. The average molecular weight is 424 g/mol. The van der Waals surface area contributed by atoms with Crippen LogP contribution in [0.4, 0.5) is 18.9 Å². The minimum absolute atomic E-state index is 0.115. The van der Waals surface area contributed by atoms with Gasteiger partial charge in [-0.3, -0.25) is 4.79 Å².